The van der Waals surface area contributed by atoms with Gasteiger partial charge in [0.1, 0.15) is 5.60 Å². The molecule has 0 aliphatic rings. The molecule has 1 unspecified atom stereocenters. The number of rotatable bonds is 4. The number of amides is 1. The van der Waals surface area contributed by atoms with Crippen molar-refractivity contribution < 1.29 is 9.53 Å². The van der Waals surface area contributed by atoms with E-state index >= 15 is 0 Å². The molecule has 1 heterocycles. The van der Waals surface area contributed by atoms with E-state index in [9.17, 15) is 4.79 Å². The van der Waals surface area contributed by atoms with Gasteiger partial charge in [-0.25, -0.2) is 4.79 Å². The fraction of sp³-hybridized carbons (Fsp3) is 0.571. The average molecular weight is 265 g/mol. The molecule has 0 fully saturated rings. The predicted octanol–water partition coefficient (Wildman–Crippen LogP) is 1.78. The van der Waals surface area contributed by atoms with Crippen molar-refractivity contribution >= 4 is 6.09 Å². The van der Waals surface area contributed by atoms with E-state index in [1.165, 1.54) is 0 Å². The van der Waals surface area contributed by atoms with E-state index in [4.69, 9.17) is 10.5 Å². The smallest absolute Gasteiger partial charge is 0.407 e. The van der Waals surface area contributed by atoms with Crippen molar-refractivity contribution in [2.24, 2.45) is 5.73 Å². The Balaban J connectivity index is 2.36. The van der Waals surface area contributed by atoms with E-state index in [2.05, 4.69) is 10.3 Å². The first-order chi connectivity index (χ1) is 8.76. The first-order valence-electron chi connectivity index (χ1n) is 6.39. The maximum atomic E-state index is 11.5. The summed E-state index contributed by atoms with van der Waals surface area (Å²) in [7, 11) is 0. The Labute approximate surface area is 114 Å². The third-order valence-corrected chi connectivity index (χ3v) is 2.34. The molecule has 5 heteroatoms. The molecule has 1 aromatic rings. The van der Waals surface area contributed by atoms with Gasteiger partial charge in [0.25, 0.3) is 0 Å². The van der Waals surface area contributed by atoms with Crippen LogP contribution in [-0.2, 0) is 11.2 Å². The molecule has 0 saturated carbocycles. The largest absolute Gasteiger partial charge is 0.444 e. The summed E-state index contributed by atoms with van der Waals surface area (Å²) < 4.78 is 5.14. The predicted molar refractivity (Wildman–Crippen MR) is 74.9 cm³/mol. The van der Waals surface area contributed by atoms with Crippen molar-refractivity contribution in [3.63, 3.8) is 0 Å². The highest BCUT2D eigenvalue weighted by Crippen LogP contribution is 2.07. The SMILES string of the molecule is Cc1cncc(CC(N)CNC(=O)OC(C)(C)C)c1. The number of nitrogens with one attached hydrogen (secondary N) is 1. The lowest BCUT2D eigenvalue weighted by molar-refractivity contribution is 0.0524. The van der Waals surface area contributed by atoms with Gasteiger partial charge < -0.3 is 15.8 Å². The number of ether oxygens (including phenoxy) is 1. The quantitative estimate of drug-likeness (QED) is 0.870. The third-order valence-electron chi connectivity index (χ3n) is 2.34. The van der Waals surface area contributed by atoms with E-state index in [-0.39, 0.29) is 6.04 Å². The number of aromatic nitrogens is 1. The Morgan fingerprint density at radius 1 is 1.47 bits per heavy atom. The highest BCUT2D eigenvalue weighted by atomic mass is 16.6. The van der Waals surface area contributed by atoms with Crippen molar-refractivity contribution in [2.45, 2.75) is 45.8 Å². The lowest BCUT2D eigenvalue weighted by atomic mass is 10.1. The van der Waals surface area contributed by atoms with Crippen LogP contribution < -0.4 is 11.1 Å². The molecule has 0 aromatic carbocycles. The van der Waals surface area contributed by atoms with Gasteiger partial charge in [-0.3, -0.25) is 4.98 Å². The second kappa shape index (κ2) is 6.52. The van der Waals surface area contributed by atoms with Crippen LogP contribution in [0.1, 0.15) is 31.9 Å². The summed E-state index contributed by atoms with van der Waals surface area (Å²) in [5.74, 6) is 0. The molecule has 19 heavy (non-hydrogen) atoms. The first-order valence-corrected chi connectivity index (χ1v) is 6.39. The van der Waals surface area contributed by atoms with Crippen LogP contribution in [0, 0.1) is 6.92 Å². The highest BCUT2D eigenvalue weighted by Gasteiger charge is 2.16. The minimum absolute atomic E-state index is 0.156. The molecule has 1 rings (SSSR count). The van der Waals surface area contributed by atoms with Gasteiger partial charge >= 0.3 is 6.09 Å². The number of aryl methyl sites for hydroxylation is 1. The van der Waals surface area contributed by atoms with Crippen LogP contribution >= 0.6 is 0 Å². The number of alkyl carbamates (subject to hydrolysis) is 1. The molecule has 1 atom stereocenters. The van der Waals surface area contributed by atoms with Gasteiger partial charge in [-0.2, -0.15) is 0 Å². The van der Waals surface area contributed by atoms with Crippen LogP contribution in [0.5, 0.6) is 0 Å². The molecule has 0 spiro atoms. The van der Waals surface area contributed by atoms with Crippen molar-refractivity contribution in [1.29, 1.82) is 0 Å². The molecule has 0 aliphatic heterocycles. The number of hydrogen-bond acceptors (Lipinski definition) is 4. The molecule has 3 N–H and O–H groups in total. The minimum atomic E-state index is -0.491. The lowest BCUT2D eigenvalue weighted by Crippen LogP contribution is -2.41. The van der Waals surface area contributed by atoms with E-state index in [0.29, 0.717) is 13.0 Å². The van der Waals surface area contributed by atoms with Crippen molar-refractivity contribution in [3.8, 4) is 0 Å². The summed E-state index contributed by atoms with van der Waals surface area (Å²) in [6, 6.07) is 1.89. The van der Waals surface area contributed by atoms with Gasteiger partial charge in [0.05, 0.1) is 0 Å². The lowest BCUT2D eigenvalue weighted by Gasteiger charge is -2.20. The zero-order valence-electron chi connectivity index (χ0n) is 12.1. The van der Waals surface area contributed by atoms with Crippen LogP contribution in [0.25, 0.3) is 0 Å². The first kappa shape index (κ1) is 15.4. The summed E-state index contributed by atoms with van der Waals surface area (Å²) in [6.07, 6.45) is 3.82. The number of nitrogens with two attached hydrogens (primary N) is 1. The minimum Gasteiger partial charge on any atom is -0.444 e. The third kappa shape index (κ3) is 6.76. The Hall–Kier alpha value is -1.62. The van der Waals surface area contributed by atoms with Gasteiger partial charge in [0.15, 0.2) is 0 Å². The average Bonchev–Trinajstić information content (AvgIpc) is 2.24. The monoisotopic (exact) mass is 265 g/mol. The molecular weight excluding hydrogens is 242 g/mol. The molecule has 0 saturated heterocycles. The van der Waals surface area contributed by atoms with Crippen LogP contribution in [0.4, 0.5) is 4.79 Å². The molecular formula is C14H23N3O2. The standard InChI is InChI=1S/C14H23N3O2/c1-10-5-11(8-16-7-10)6-12(15)9-17-13(18)19-14(2,3)4/h5,7-8,12H,6,9,15H2,1-4H3,(H,17,18). The fourth-order valence-corrected chi connectivity index (χ4v) is 1.63. The van der Waals surface area contributed by atoms with Gasteiger partial charge in [-0.15, -0.1) is 0 Å². The number of carbonyl (C=O) groups is 1. The molecule has 0 aliphatic carbocycles. The van der Waals surface area contributed by atoms with E-state index < -0.39 is 11.7 Å². The zero-order chi connectivity index (χ0) is 14.5. The second-order valence-corrected chi connectivity index (χ2v) is 5.72. The Kier molecular flexibility index (Phi) is 5.30. The van der Waals surface area contributed by atoms with Gasteiger partial charge in [-0.05, 0) is 45.2 Å². The van der Waals surface area contributed by atoms with Crippen LogP contribution in [0.3, 0.4) is 0 Å². The fourth-order valence-electron chi connectivity index (χ4n) is 1.63. The van der Waals surface area contributed by atoms with Gasteiger partial charge in [0, 0.05) is 25.0 Å². The molecule has 106 valence electrons. The van der Waals surface area contributed by atoms with Crippen LogP contribution in [0.15, 0.2) is 18.5 Å². The van der Waals surface area contributed by atoms with E-state index in [0.717, 1.165) is 11.1 Å². The molecule has 0 bridgehead atoms. The summed E-state index contributed by atoms with van der Waals surface area (Å²) in [5, 5.41) is 2.67. The van der Waals surface area contributed by atoms with Gasteiger partial charge in [-0.1, -0.05) is 6.07 Å². The van der Waals surface area contributed by atoms with Gasteiger partial charge in [0.2, 0.25) is 0 Å². The number of pyridine rings is 1. The summed E-state index contributed by atoms with van der Waals surface area (Å²) in [4.78, 5) is 15.6. The van der Waals surface area contributed by atoms with Crippen molar-refractivity contribution in [1.82, 2.24) is 10.3 Å². The number of hydrogen-bond donors (Lipinski definition) is 2. The summed E-state index contributed by atoms with van der Waals surface area (Å²) in [5.41, 5.74) is 7.65. The van der Waals surface area contributed by atoms with Crippen LogP contribution in [0.2, 0.25) is 0 Å². The summed E-state index contributed by atoms with van der Waals surface area (Å²) in [6.45, 7) is 7.84. The Bertz CT molecular complexity index is 427. The molecule has 1 amide bonds. The van der Waals surface area contributed by atoms with Crippen molar-refractivity contribution in [2.75, 3.05) is 6.54 Å². The topological polar surface area (TPSA) is 77.2 Å². The molecule has 1 aromatic heterocycles. The normalized spacial score (nSPS) is 12.9. The Morgan fingerprint density at radius 3 is 2.74 bits per heavy atom. The second-order valence-electron chi connectivity index (χ2n) is 5.72. The summed E-state index contributed by atoms with van der Waals surface area (Å²) >= 11 is 0. The number of nitrogens with zero attached hydrogens (tertiary/aromatic N) is 1. The van der Waals surface area contributed by atoms with Crippen molar-refractivity contribution in [3.05, 3.63) is 29.6 Å². The Morgan fingerprint density at radius 2 is 2.16 bits per heavy atom. The molecule has 0 radical (unpaired) electrons. The zero-order valence-corrected chi connectivity index (χ0v) is 12.1. The van der Waals surface area contributed by atoms with E-state index in [1.807, 2.05) is 33.8 Å². The maximum absolute atomic E-state index is 11.5. The number of carbonyl (C=O) groups excluding carboxylic acids is 1. The maximum Gasteiger partial charge on any atom is 0.407 e. The highest BCUT2D eigenvalue weighted by molar-refractivity contribution is 5.67. The molecule has 5 nitrogen and oxygen atoms in total. The van der Waals surface area contributed by atoms with Crippen LogP contribution in [-0.4, -0.2) is 29.3 Å². The van der Waals surface area contributed by atoms with E-state index in [1.54, 1.807) is 12.4 Å².